The van der Waals surface area contributed by atoms with E-state index in [-0.39, 0.29) is 24.1 Å². The van der Waals surface area contributed by atoms with Gasteiger partial charge in [0.1, 0.15) is 0 Å². The van der Waals surface area contributed by atoms with Crippen LogP contribution in [0.4, 0.5) is 10.1 Å². The van der Waals surface area contributed by atoms with E-state index in [1.807, 2.05) is 13.8 Å². The van der Waals surface area contributed by atoms with Gasteiger partial charge in [0.05, 0.1) is 13.2 Å². The average Bonchev–Trinajstić information content (AvgIpc) is 2.36. The van der Waals surface area contributed by atoms with E-state index < -0.39 is 11.9 Å². The number of methoxy groups -OCH3 is 1. The third-order valence-electron chi connectivity index (χ3n) is 2.90. The second-order valence-corrected chi connectivity index (χ2v) is 4.95. The Balaban J connectivity index is 0.00000361. The monoisotopic (exact) mass is 304 g/mol. The van der Waals surface area contributed by atoms with Gasteiger partial charge in [-0.25, -0.2) is 4.39 Å². The van der Waals surface area contributed by atoms with Crippen LogP contribution >= 0.6 is 12.4 Å². The van der Waals surface area contributed by atoms with E-state index in [0.717, 1.165) is 0 Å². The Labute approximate surface area is 125 Å². The molecule has 114 valence electrons. The summed E-state index contributed by atoms with van der Waals surface area (Å²) in [6, 6.07) is 3.80. The smallest absolute Gasteiger partial charge is 0.243 e. The van der Waals surface area contributed by atoms with E-state index in [1.165, 1.54) is 24.1 Å². The summed E-state index contributed by atoms with van der Waals surface area (Å²) >= 11 is 0. The fraction of sp³-hybridized carbons (Fsp3) is 0.500. The molecular formula is C14H22ClFN2O2. The lowest BCUT2D eigenvalue weighted by Gasteiger charge is -2.22. The molecule has 0 heterocycles. The first-order chi connectivity index (χ1) is 8.86. The van der Waals surface area contributed by atoms with Crippen molar-refractivity contribution in [2.75, 3.05) is 19.1 Å². The molecule has 4 nitrogen and oxygen atoms in total. The maximum absolute atomic E-state index is 13.6. The van der Waals surface area contributed by atoms with Crippen LogP contribution in [-0.4, -0.2) is 26.1 Å². The fourth-order valence-electron chi connectivity index (χ4n) is 1.85. The molecule has 0 saturated carbocycles. The molecule has 0 radical (unpaired) electrons. The Bertz CT molecular complexity index is 455. The number of ether oxygens (including phenoxy) is 1. The zero-order valence-corrected chi connectivity index (χ0v) is 13.0. The van der Waals surface area contributed by atoms with Gasteiger partial charge < -0.3 is 15.4 Å². The van der Waals surface area contributed by atoms with Gasteiger partial charge in [-0.3, -0.25) is 4.79 Å². The molecule has 6 heteroatoms. The SMILES string of the molecule is COc1ccc(N(C)C(=O)[C@@H](N)CC(C)C)cc1F.Cl. The Morgan fingerprint density at radius 2 is 2.05 bits per heavy atom. The van der Waals surface area contributed by atoms with Crippen molar-refractivity contribution in [1.29, 1.82) is 0 Å². The van der Waals surface area contributed by atoms with Crippen molar-refractivity contribution in [3.05, 3.63) is 24.0 Å². The molecule has 0 aliphatic carbocycles. The minimum Gasteiger partial charge on any atom is -0.494 e. The molecule has 1 amide bonds. The minimum atomic E-state index is -0.574. The van der Waals surface area contributed by atoms with Crippen molar-refractivity contribution in [1.82, 2.24) is 0 Å². The highest BCUT2D eigenvalue weighted by molar-refractivity contribution is 5.96. The second kappa shape index (κ2) is 8.07. The molecule has 0 unspecified atom stereocenters. The van der Waals surface area contributed by atoms with Gasteiger partial charge in [0.2, 0.25) is 5.91 Å². The first kappa shape index (κ1) is 18.7. The molecule has 0 bridgehead atoms. The van der Waals surface area contributed by atoms with Crippen LogP contribution in [-0.2, 0) is 4.79 Å². The number of hydrogen-bond acceptors (Lipinski definition) is 3. The molecular weight excluding hydrogens is 283 g/mol. The summed E-state index contributed by atoms with van der Waals surface area (Å²) in [5.41, 5.74) is 6.30. The number of likely N-dealkylation sites (N-methyl/N-ethyl adjacent to an activating group) is 1. The average molecular weight is 305 g/mol. The Hall–Kier alpha value is -1.33. The number of nitrogens with two attached hydrogens (primary N) is 1. The topological polar surface area (TPSA) is 55.6 Å². The Morgan fingerprint density at radius 1 is 1.45 bits per heavy atom. The molecule has 2 N–H and O–H groups in total. The molecule has 0 aliphatic rings. The second-order valence-electron chi connectivity index (χ2n) is 4.95. The fourth-order valence-corrected chi connectivity index (χ4v) is 1.85. The predicted molar refractivity (Wildman–Crippen MR) is 81.0 cm³/mol. The normalized spacial score (nSPS) is 11.8. The summed E-state index contributed by atoms with van der Waals surface area (Å²) < 4.78 is 18.4. The highest BCUT2D eigenvalue weighted by Crippen LogP contribution is 2.23. The quantitative estimate of drug-likeness (QED) is 0.909. The summed E-state index contributed by atoms with van der Waals surface area (Å²) in [6.45, 7) is 4.00. The molecule has 0 aromatic heterocycles. The summed E-state index contributed by atoms with van der Waals surface area (Å²) in [5, 5.41) is 0. The van der Waals surface area contributed by atoms with Crippen molar-refractivity contribution in [3.8, 4) is 5.75 Å². The van der Waals surface area contributed by atoms with Gasteiger partial charge >= 0.3 is 0 Å². The third-order valence-corrected chi connectivity index (χ3v) is 2.90. The van der Waals surface area contributed by atoms with Crippen LogP contribution in [0.5, 0.6) is 5.75 Å². The number of carbonyl (C=O) groups is 1. The van der Waals surface area contributed by atoms with Gasteiger partial charge in [-0.05, 0) is 24.5 Å². The largest absolute Gasteiger partial charge is 0.494 e. The molecule has 1 rings (SSSR count). The summed E-state index contributed by atoms with van der Waals surface area (Å²) in [7, 11) is 2.98. The lowest BCUT2D eigenvalue weighted by Crippen LogP contribution is -2.42. The zero-order valence-electron chi connectivity index (χ0n) is 12.2. The summed E-state index contributed by atoms with van der Waals surface area (Å²) in [6.07, 6.45) is 0.599. The van der Waals surface area contributed by atoms with Crippen LogP contribution in [0.1, 0.15) is 20.3 Å². The number of halogens is 2. The van der Waals surface area contributed by atoms with Crippen molar-refractivity contribution in [2.45, 2.75) is 26.3 Å². The van der Waals surface area contributed by atoms with Gasteiger partial charge in [-0.2, -0.15) is 0 Å². The standard InChI is InChI=1S/C14H21FN2O2.ClH/c1-9(2)7-12(16)14(18)17(3)10-5-6-13(19-4)11(15)8-10;/h5-6,8-9,12H,7,16H2,1-4H3;1H/t12-;/m0./s1. The van der Waals surface area contributed by atoms with E-state index in [1.54, 1.807) is 13.1 Å². The molecule has 1 aromatic rings. The maximum atomic E-state index is 13.6. The van der Waals surface area contributed by atoms with Gasteiger partial charge in [0, 0.05) is 18.8 Å². The summed E-state index contributed by atoms with van der Waals surface area (Å²) in [4.78, 5) is 13.5. The number of anilines is 1. The highest BCUT2D eigenvalue weighted by atomic mass is 35.5. The Kier molecular flexibility index (Phi) is 7.53. The van der Waals surface area contributed by atoms with Gasteiger partial charge in [-0.15, -0.1) is 12.4 Å². The summed E-state index contributed by atoms with van der Waals surface area (Å²) in [5.74, 6) is -0.244. The van der Waals surface area contributed by atoms with Crippen molar-refractivity contribution < 1.29 is 13.9 Å². The number of nitrogens with zero attached hydrogens (tertiary/aromatic N) is 1. The maximum Gasteiger partial charge on any atom is 0.243 e. The number of amides is 1. The van der Waals surface area contributed by atoms with Crippen LogP contribution in [0.2, 0.25) is 0 Å². The number of hydrogen-bond donors (Lipinski definition) is 1. The van der Waals surface area contributed by atoms with E-state index in [4.69, 9.17) is 10.5 Å². The van der Waals surface area contributed by atoms with Crippen molar-refractivity contribution in [3.63, 3.8) is 0 Å². The van der Waals surface area contributed by atoms with Gasteiger partial charge in [0.25, 0.3) is 0 Å². The van der Waals surface area contributed by atoms with Gasteiger partial charge in [-0.1, -0.05) is 13.8 Å². The highest BCUT2D eigenvalue weighted by Gasteiger charge is 2.20. The first-order valence-electron chi connectivity index (χ1n) is 6.23. The molecule has 0 saturated heterocycles. The van der Waals surface area contributed by atoms with Crippen molar-refractivity contribution in [2.24, 2.45) is 11.7 Å². The van der Waals surface area contributed by atoms with Crippen LogP contribution in [0, 0.1) is 11.7 Å². The van der Waals surface area contributed by atoms with Crippen LogP contribution in [0.25, 0.3) is 0 Å². The molecule has 1 aromatic carbocycles. The van der Waals surface area contributed by atoms with Gasteiger partial charge in [0.15, 0.2) is 11.6 Å². The lowest BCUT2D eigenvalue weighted by molar-refractivity contribution is -0.119. The molecule has 1 atom stereocenters. The van der Waals surface area contributed by atoms with E-state index in [9.17, 15) is 9.18 Å². The third kappa shape index (κ3) is 4.65. The molecule has 0 fully saturated rings. The van der Waals surface area contributed by atoms with Crippen LogP contribution in [0.15, 0.2) is 18.2 Å². The van der Waals surface area contributed by atoms with E-state index in [2.05, 4.69) is 0 Å². The van der Waals surface area contributed by atoms with E-state index >= 15 is 0 Å². The lowest BCUT2D eigenvalue weighted by atomic mass is 10.0. The Morgan fingerprint density at radius 3 is 2.50 bits per heavy atom. The van der Waals surface area contributed by atoms with Crippen LogP contribution in [0.3, 0.4) is 0 Å². The minimum absolute atomic E-state index is 0. The molecule has 0 spiro atoms. The van der Waals surface area contributed by atoms with E-state index in [0.29, 0.717) is 18.0 Å². The molecule has 20 heavy (non-hydrogen) atoms. The number of carbonyl (C=O) groups excluding carboxylic acids is 1. The number of benzene rings is 1. The zero-order chi connectivity index (χ0) is 14.6. The first-order valence-corrected chi connectivity index (χ1v) is 6.23. The van der Waals surface area contributed by atoms with Crippen LogP contribution < -0.4 is 15.4 Å². The molecule has 0 aliphatic heterocycles. The predicted octanol–water partition coefficient (Wildman–Crippen LogP) is 2.59. The number of rotatable bonds is 5. The van der Waals surface area contributed by atoms with Crippen molar-refractivity contribution >= 4 is 24.0 Å².